The van der Waals surface area contributed by atoms with E-state index in [0.29, 0.717) is 28.9 Å². The number of aromatic nitrogens is 1. The van der Waals surface area contributed by atoms with E-state index in [-0.39, 0.29) is 11.7 Å². The molecule has 2 aromatic rings. The molecule has 0 spiro atoms. The van der Waals surface area contributed by atoms with E-state index >= 15 is 0 Å². The highest BCUT2D eigenvalue weighted by Gasteiger charge is 2.20. The Hall–Kier alpha value is -2.48. The van der Waals surface area contributed by atoms with E-state index in [0.717, 1.165) is 6.54 Å². The van der Waals surface area contributed by atoms with Gasteiger partial charge >= 0.3 is 0 Å². The first-order chi connectivity index (χ1) is 11.4. The fourth-order valence-corrected chi connectivity index (χ4v) is 3.18. The van der Waals surface area contributed by atoms with E-state index < -0.39 is 10.0 Å². The van der Waals surface area contributed by atoms with Gasteiger partial charge in [0.2, 0.25) is 6.79 Å². The Bertz CT molecular complexity index is 820. The van der Waals surface area contributed by atoms with Gasteiger partial charge in [-0.3, -0.25) is 4.72 Å². The summed E-state index contributed by atoms with van der Waals surface area (Å²) < 4.78 is 37.8. The molecule has 24 heavy (non-hydrogen) atoms. The molecule has 0 atom stereocenters. The molecule has 128 valence electrons. The molecular formula is C16H19N3O4S. The third-order valence-corrected chi connectivity index (χ3v) is 4.74. The van der Waals surface area contributed by atoms with Gasteiger partial charge in [0.15, 0.2) is 11.5 Å². The van der Waals surface area contributed by atoms with Crippen LogP contribution < -0.4 is 19.5 Å². The predicted octanol–water partition coefficient (Wildman–Crippen LogP) is 2.68. The van der Waals surface area contributed by atoms with Crippen LogP contribution >= 0.6 is 0 Å². The standard InChI is InChI=1S/C16H19N3O4S/c1-11(2)8-17-16-6-3-12(9-18-16)19-24(20,21)13-4-5-14-15(7-13)23-10-22-14/h3-7,9,11,19H,8,10H2,1-2H3,(H,17,18). The van der Waals surface area contributed by atoms with Crippen molar-refractivity contribution in [2.45, 2.75) is 18.7 Å². The Kier molecular flexibility index (Phi) is 4.48. The second-order valence-corrected chi connectivity index (χ2v) is 7.51. The van der Waals surface area contributed by atoms with Gasteiger partial charge in [-0.05, 0) is 30.2 Å². The summed E-state index contributed by atoms with van der Waals surface area (Å²) in [6.45, 7) is 5.10. The van der Waals surface area contributed by atoms with Crippen molar-refractivity contribution in [2.24, 2.45) is 5.92 Å². The highest BCUT2D eigenvalue weighted by Crippen LogP contribution is 2.34. The summed E-state index contributed by atoms with van der Waals surface area (Å²) in [4.78, 5) is 4.31. The van der Waals surface area contributed by atoms with Crippen LogP contribution in [0.5, 0.6) is 11.5 Å². The first-order valence-corrected chi connectivity index (χ1v) is 9.05. The van der Waals surface area contributed by atoms with E-state index in [2.05, 4.69) is 28.9 Å². The summed E-state index contributed by atoms with van der Waals surface area (Å²) in [6, 6.07) is 7.90. The van der Waals surface area contributed by atoms with Crippen molar-refractivity contribution in [3.63, 3.8) is 0 Å². The minimum absolute atomic E-state index is 0.0982. The van der Waals surface area contributed by atoms with Crippen molar-refractivity contribution in [1.82, 2.24) is 4.98 Å². The van der Waals surface area contributed by atoms with Crippen molar-refractivity contribution < 1.29 is 17.9 Å². The number of nitrogens with zero attached hydrogens (tertiary/aromatic N) is 1. The predicted molar refractivity (Wildman–Crippen MR) is 90.9 cm³/mol. The van der Waals surface area contributed by atoms with Crippen LogP contribution in [0.25, 0.3) is 0 Å². The molecule has 0 unspecified atom stereocenters. The van der Waals surface area contributed by atoms with Gasteiger partial charge in [0.25, 0.3) is 10.0 Å². The number of hydrogen-bond acceptors (Lipinski definition) is 6. The lowest BCUT2D eigenvalue weighted by molar-refractivity contribution is 0.174. The zero-order chi connectivity index (χ0) is 17.2. The van der Waals surface area contributed by atoms with E-state index in [9.17, 15) is 8.42 Å². The summed E-state index contributed by atoms with van der Waals surface area (Å²) in [7, 11) is -3.72. The molecule has 0 bridgehead atoms. The normalized spacial score (nSPS) is 13.1. The van der Waals surface area contributed by atoms with Crippen LogP contribution in [0.4, 0.5) is 11.5 Å². The second kappa shape index (κ2) is 6.56. The van der Waals surface area contributed by atoms with Crippen molar-refractivity contribution >= 4 is 21.5 Å². The Morgan fingerprint density at radius 2 is 1.96 bits per heavy atom. The molecule has 0 radical (unpaired) electrons. The van der Waals surface area contributed by atoms with Gasteiger partial charge in [-0.25, -0.2) is 13.4 Å². The third kappa shape index (κ3) is 3.70. The molecule has 0 aliphatic carbocycles. The molecule has 1 aromatic carbocycles. The molecule has 0 fully saturated rings. The Balaban J connectivity index is 1.72. The summed E-state index contributed by atoms with van der Waals surface area (Å²) in [5.41, 5.74) is 0.391. The highest BCUT2D eigenvalue weighted by atomic mass is 32.2. The van der Waals surface area contributed by atoms with Crippen molar-refractivity contribution in [3.05, 3.63) is 36.5 Å². The summed E-state index contributed by atoms with van der Waals surface area (Å²) >= 11 is 0. The maximum absolute atomic E-state index is 12.5. The lowest BCUT2D eigenvalue weighted by Gasteiger charge is -2.10. The number of hydrogen-bond donors (Lipinski definition) is 2. The molecule has 8 heteroatoms. The maximum atomic E-state index is 12.5. The molecule has 1 aromatic heterocycles. The molecular weight excluding hydrogens is 330 g/mol. The largest absolute Gasteiger partial charge is 0.454 e. The summed E-state index contributed by atoms with van der Waals surface area (Å²) in [6.07, 6.45) is 1.48. The van der Waals surface area contributed by atoms with Crippen LogP contribution in [0.15, 0.2) is 41.4 Å². The average molecular weight is 349 g/mol. The SMILES string of the molecule is CC(C)CNc1ccc(NS(=O)(=O)c2ccc3c(c2)OCO3)cn1. The molecule has 0 saturated carbocycles. The molecule has 2 N–H and O–H groups in total. The molecule has 0 amide bonds. The smallest absolute Gasteiger partial charge is 0.262 e. The van der Waals surface area contributed by atoms with Gasteiger partial charge < -0.3 is 14.8 Å². The molecule has 2 heterocycles. The van der Waals surface area contributed by atoms with E-state index in [1.54, 1.807) is 18.2 Å². The van der Waals surface area contributed by atoms with Crippen LogP contribution in [0.2, 0.25) is 0 Å². The molecule has 1 aliphatic heterocycles. The minimum atomic E-state index is -3.72. The Labute approximate surface area is 141 Å². The van der Waals surface area contributed by atoms with Crippen LogP contribution in [0.1, 0.15) is 13.8 Å². The quantitative estimate of drug-likeness (QED) is 0.833. The van der Waals surface area contributed by atoms with E-state index in [4.69, 9.17) is 9.47 Å². The summed E-state index contributed by atoms with van der Waals surface area (Å²) in [5.74, 6) is 2.16. The number of fused-ring (bicyclic) bond motifs is 1. The number of pyridine rings is 1. The summed E-state index contributed by atoms with van der Waals surface area (Å²) in [5, 5.41) is 3.18. The van der Waals surface area contributed by atoms with E-state index in [1.807, 2.05) is 0 Å². The van der Waals surface area contributed by atoms with Crippen LogP contribution in [0.3, 0.4) is 0 Å². The fourth-order valence-electron chi connectivity index (χ4n) is 2.13. The molecule has 0 saturated heterocycles. The maximum Gasteiger partial charge on any atom is 0.262 e. The number of rotatable bonds is 6. The number of benzene rings is 1. The van der Waals surface area contributed by atoms with Gasteiger partial charge in [-0.1, -0.05) is 13.8 Å². The monoisotopic (exact) mass is 349 g/mol. The Morgan fingerprint density at radius 1 is 1.17 bits per heavy atom. The first-order valence-electron chi connectivity index (χ1n) is 7.56. The first kappa shape index (κ1) is 16.4. The number of ether oxygens (including phenoxy) is 2. The van der Waals surface area contributed by atoms with Crippen LogP contribution in [0, 0.1) is 5.92 Å². The second-order valence-electron chi connectivity index (χ2n) is 5.83. The third-order valence-electron chi connectivity index (χ3n) is 3.36. The Morgan fingerprint density at radius 3 is 2.67 bits per heavy atom. The van der Waals surface area contributed by atoms with Gasteiger partial charge in [-0.15, -0.1) is 0 Å². The van der Waals surface area contributed by atoms with Crippen LogP contribution in [-0.2, 0) is 10.0 Å². The number of anilines is 2. The van der Waals surface area contributed by atoms with Gasteiger partial charge in [0.05, 0.1) is 16.8 Å². The van der Waals surface area contributed by atoms with Crippen molar-refractivity contribution in [1.29, 1.82) is 0 Å². The van der Waals surface area contributed by atoms with Crippen molar-refractivity contribution in [2.75, 3.05) is 23.4 Å². The number of sulfonamides is 1. The van der Waals surface area contributed by atoms with Crippen LogP contribution in [-0.4, -0.2) is 26.7 Å². The molecule has 1 aliphatic rings. The van der Waals surface area contributed by atoms with E-state index in [1.165, 1.54) is 18.3 Å². The molecule has 7 nitrogen and oxygen atoms in total. The molecule has 3 rings (SSSR count). The number of nitrogens with one attached hydrogen (secondary N) is 2. The van der Waals surface area contributed by atoms with Crippen molar-refractivity contribution in [3.8, 4) is 11.5 Å². The minimum Gasteiger partial charge on any atom is -0.454 e. The lowest BCUT2D eigenvalue weighted by Crippen LogP contribution is -2.13. The fraction of sp³-hybridized carbons (Fsp3) is 0.312. The average Bonchev–Trinajstić information content (AvgIpc) is 3.01. The lowest BCUT2D eigenvalue weighted by atomic mass is 10.2. The van der Waals surface area contributed by atoms with Gasteiger partial charge in [-0.2, -0.15) is 0 Å². The zero-order valence-corrected chi connectivity index (χ0v) is 14.3. The topological polar surface area (TPSA) is 89.5 Å². The van der Waals surface area contributed by atoms with Gasteiger partial charge in [0, 0.05) is 12.6 Å². The van der Waals surface area contributed by atoms with Gasteiger partial charge in [0.1, 0.15) is 5.82 Å². The highest BCUT2D eigenvalue weighted by molar-refractivity contribution is 7.92. The zero-order valence-electron chi connectivity index (χ0n) is 13.4.